The van der Waals surface area contributed by atoms with E-state index in [1.807, 2.05) is 12.1 Å². The molecule has 0 aliphatic heterocycles. The highest BCUT2D eigenvalue weighted by molar-refractivity contribution is 5.94. The maximum atomic E-state index is 11.8. The van der Waals surface area contributed by atoms with Crippen molar-refractivity contribution in [3.8, 4) is 0 Å². The minimum atomic E-state index is -0.354. The van der Waals surface area contributed by atoms with Crippen molar-refractivity contribution in [2.45, 2.75) is 0 Å². The van der Waals surface area contributed by atoms with E-state index in [0.29, 0.717) is 37.3 Å². The second-order valence-corrected chi connectivity index (χ2v) is 5.43. The lowest BCUT2D eigenvalue weighted by molar-refractivity contribution is 0.0946. The second-order valence-electron chi connectivity index (χ2n) is 5.43. The molecular weight excluding hydrogens is 332 g/mol. The summed E-state index contributed by atoms with van der Waals surface area (Å²) in [5.41, 5.74) is 1.15. The molecule has 4 N–H and O–H groups in total. The number of carbonyl (C=O) groups is 3. The number of urea groups is 1. The van der Waals surface area contributed by atoms with E-state index in [9.17, 15) is 14.4 Å². The lowest BCUT2D eigenvalue weighted by Crippen LogP contribution is -2.43. The summed E-state index contributed by atoms with van der Waals surface area (Å²) in [6.07, 6.45) is 0. The number of nitrogens with one attached hydrogen (secondary N) is 4. The Hall–Kier alpha value is -3.35. The maximum Gasteiger partial charge on any atom is 0.314 e. The lowest BCUT2D eigenvalue weighted by atomic mass is 10.2. The third kappa shape index (κ3) is 6.64. The van der Waals surface area contributed by atoms with Crippen LogP contribution in [0.5, 0.6) is 0 Å². The zero-order chi connectivity index (χ0) is 18.6. The Morgan fingerprint density at radius 1 is 0.538 bits per heavy atom. The lowest BCUT2D eigenvalue weighted by Gasteiger charge is -2.09. The fourth-order valence-electron chi connectivity index (χ4n) is 2.15. The zero-order valence-corrected chi connectivity index (χ0v) is 14.3. The molecule has 7 heteroatoms. The van der Waals surface area contributed by atoms with Crippen LogP contribution in [0.4, 0.5) is 4.79 Å². The van der Waals surface area contributed by atoms with Gasteiger partial charge < -0.3 is 21.3 Å². The van der Waals surface area contributed by atoms with E-state index < -0.39 is 0 Å². The van der Waals surface area contributed by atoms with Crippen LogP contribution in [0, 0.1) is 0 Å². The Morgan fingerprint density at radius 2 is 0.885 bits per heavy atom. The zero-order valence-electron chi connectivity index (χ0n) is 14.3. The quantitative estimate of drug-likeness (QED) is 0.535. The van der Waals surface area contributed by atoms with Crippen LogP contribution >= 0.6 is 0 Å². The monoisotopic (exact) mass is 354 g/mol. The molecule has 0 unspecified atom stereocenters. The van der Waals surface area contributed by atoms with E-state index in [4.69, 9.17) is 0 Å². The standard InChI is InChI=1S/C19H22N4O3/c24-17(15-7-3-1-4-8-15)20-11-13-22-19(26)23-14-12-21-18(25)16-9-5-2-6-10-16/h1-10H,11-14H2,(H,20,24)(H,21,25)(H2,22,23,26). The first kappa shape index (κ1) is 19.0. The highest BCUT2D eigenvalue weighted by atomic mass is 16.2. The highest BCUT2D eigenvalue weighted by Gasteiger charge is 2.05. The SMILES string of the molecule is O=C(NCCNC(=O)c1ccccc1)NCCNC(=O)c1ccccc1. The highest BCUT2D eigenvalue weighted by Crippen LogP contribution is 1.97. The van der Waals surface area contributed by atoms with E-state index in [2.05, 4.69) is 21.3 Å². The van der Waals surface area contributed by atoms with E-state index in [0.717, 1.165) is 0 Å². The number of hydrogen-bond donors (Lipinski definition) is 4. The molecule has 0 radical (unpaired) electrons. The molecule has 0 aliphatic rings. The number of amides is 4. The predicted molar refractivity (Wildman–Crippen MR) is 99.0 cm³/mol. The normalized spacial score (nSPS) is 9.85. The maximum absolute atomic E-state index is 11.8. The van der Waals surface area contributed by atoms with Gasteiger partial charge >= 0.3 is 6.03 Å². The molecule has 0 saturated heterocycles. The van der Waals surface area contributed by atoms with Crippen molar-refractivity contribution in [1.82, 2.24) is 21.3 Å². The van der Waals surface area contributed by atoms with Crippen molar-refractivity contribution in [3.05, 3.63) is 71.8 Å². The average molecular weight is 354 g/mol. The van der Waals surface area contributed by atoms with Gasteiger partial charge in [0.25, 0.3) is 11.8 Å². The summed E-state index contributed by atoms with van der Waals surface area (Å²) in [7, 11) is 0. The Morgan fingerprint density at radius 3 is 1.27 bits per heavy atom. The minimum Gasteiger partial charge on any atom is -0.350 e. The third-order valence-corrected chi connectivity index (χ3v) is 3.46. The molecule has 0 saturated carbocycles. The van der Waals surface area contributed by atoms with Gasteiger partial charge in [0.1, 0.15) is 0 Å². The molecule has 26 heavy (non-hydrogen) atoms. The topological polar surface area (TPSA) is 99.3 Å². The number of rotatable bonds is 8. The van der Waals surface area contributed by atoms with Crippen molar-refractivity contribution in [3.63, 3.8) is 0 Å². The Labute approximate surface area is 152 Å². The fourth-order valence-corrected chi connectivity index (χ4v) is 2.15. The summed E-state index contributed by atoms with van der Waals surface area (Å²) in [5, 5.41) is 10.7. The Bertz CT molecular complexity index is 659. The summed E-state index contributed by atoms with van der Waals surface area (Å²) in [5.74, 6) is -0.368. The van der Waals surface area contributed by atoms with Crippen molar-refractivity contribution < 1.29 is 14.4 Å². The summed E-state index contributed by atoms with van der Waals surface area (Å²) < 4.78 is 0. The van der Waals surface area contributed by atoms with E-state index in [1.165, 1.54) is 0 Å². The van der Waals surface area contributed by atoms with Crippen LogP contribution in [-0.4, -0.2) is 44.0 Å². The minimum absolute atomic E-state index is 0.184. The molecule has 7 nitrogen and oxygen atoms in total. The molecule has 0 atom stereocenters. The molecule has 0 aromatic heterocycles. The Balaban J connectivity index is 1.53. The van der Waals surface area contributed by atoms with Crippen LogP contribution in [0.2, 0.25) is 0 Å². The Kier molecular flexibility index (Phi) is 7.67. The summed E-state index contributed by atoms with van der Waals surface area (Å²) >= 11 is 0. The van der Waals surface area contributed by atoms with Gasteiger partial charge in [0.2, 0.25) is 0 Å². The van der Waals surface area contributed by atoms with Crippen LogP contribution < -0.4 is 21.3 Å². The van der Waals surface area contributed by atoms with Crippen LogP contribution in [0.1, 0.15) is 20.7 Å². The average Bonchev–Trinajstić information content (AvgIpc) is 2.69. The molecule has 0 bridgehead atoms. The largest absolute Gasteiger partial charge is 0.350 e. The molecule has 0 heterocycles. The first-order valence-electron chi connectivity index (χ1n) is 8.35. The predicted octanol–water partition coefficient (Wildman–Crippen LogP) is 1.15. The molecule has 2 aromatic rings. The smallest absolute Gasteiger partial charge is 0.314 e. The summed E-state index contributed by atoms with van der Waals surface area (Å²) in [6.45, 7) is 1.26. The molecular formula is C19H22N4O3. The van der Waals surface area contributed by atoms with Gasteiger partial charge in [0.15, 0.2) is 0 Å². The van der Waals surface area contributed by atoms with Gasteiger partial charge in [-0.05, 0) is 24.3 Å². The van der Waals surface area contributed by atoms with E-state index in [1.54, 1.807) is 48.5 Å². The third-order valence-electron chi connectivity index (χ3n) is 3.46. The van der Waals surface area contributed by atoms with Gasteiger partial charge in [-0.25, -0.2) is 4.79 Å². The van der Waals surface area contributed by atoms with Gasteiger partial charge in [-0.3, -0.25) is 9.59 Å². The molecule has 4 amide bonds. The molecule has 0 fully saturated rings. The van der Waals surface area contributed by atoms with Gasteiger partial charge in [0.05, 0.1) is 0 Å². The van der Waals surface area contributed by atoms with E-state index >= 15 is 0 Å². The van der Waals surface area contributed by atoms with Gasteiger partial charge in [-0.2, -0.15) is 0 Å². The van der Waals surface area contributed by atoms with Crippen LogP contribution in [0.15, 0.2) is 60.7 Å². The number of benzene rings is 2. The van der Waals surface area contributed by atoms with Gasteiger partial charge in [-0.1, -0.05) is 36.4 Å². The molecule has 2 aromatic carbocycles. The van der Waals surface area contributed by atoms with Crippen molar-refractivity contribution >= 4 is 17.8 Å². The first-order valence-corrected chi connectivity index (χ1v) is 8.35. The number of carbonyl (C=O) groups excluding carboxylic acids is 3. The van der Waals surface area contributed by atoms with Crippen molar-refractivity contribution in [2.75, 3.05) is 26.2 Å². The van der Waals surface area contributed by atoms with Crippen molar-refractivity contribution in [2.24, 2.45) is 0 Å². The molecule has 0 aliphatic carbocycles. The van der Waals surface area contributed by atoms with Crippen molar-refractivity contribution in [1.29, 1.82) is 0 Å². The second kappa shape index (κ2) is 10.5. The van der Waals surface area contributed by atoms with Crippen LogP contribution in [0.25, 0.3) is 0 Å². The number of hydrogen-bond acceptors (Lipinski definition) is 3. The molecule has 136 valence electrons. The van der Waals surface area contributed by atoms with Gasteiger partial charge in [-0.15, -0.1) is 0 Å². The fraction of sp³-hybridized carbons (Fsp3) is 0.211. The summed E-state index contributed by atoms with van der Waals surface area (Å²) in [6, 6.07) is 17.4. The molecule has 2 rings (SSSR count). The summed E-state index contributed by atoms with van der Waals surface area (Å²) in [4.78, 5) is 35.2. The van der Waals surface area contributed by atoms with Crippen LogP contribution in [0.3, 0.4) is 0 Å². The molecule has 0 spiro atoms. The first-order chi connectivity index (χ1) is 12.7. The van der Waals surface area contributed by atoms with E-state index in [-0.39, 0.29) is 17.8 Å². The van der Waals surface area contributed by atoms with Gasteiger partial charge in [0, 0.05) is 37.3 Å². The van der Waals surface area contributed by atoms with Crippen LogP contribution in [-0.2, 0) is 0 Å².